The fraction of sp³-hybridized carbons (Fsp3) is 0.308. The van der Waals surface area contributed by atoms with Crippen LogP contribution in [0.4, 0.5) is 0 Å². The maximum Gasteiger partial charge on any atom is 0.294 e. The number of aryl methyl sites for hydroxylation is 1. The molecule has 168 valence electrons. The van der Waals surface area contributed by atoms with E-state index >= 15 is 0 Å². The first kappa shape index (κ1) is 21.1. The number of nitrogens with zero attached hydrogens (tertiary/aromatic N) is 6. The van der Waals surface area contributed by atoms with Gasteiger partial charge in [-0.15, -0.1) is 5.10 Å². The van der Waals surface area contributed by atoms with E-state index in [1.54, 1.807) is 11.0 Å². The third-order valence-corrected chi connectivity index (χ3v) is 6.50. The highest BCUT2D eigenvalue weighted by molar-refractivity contribution is 5.91. The number of carbonyl (C=O) groups is 1. The first-order valence-electron chi connectivity index (χ1n) is 11.5. The normalized spacial score (nSPS) is 17.7. The minimum Gasteiger partial charge on any atom is -0.324 e. The van der Waals surface area contributed by atoms with Crippen molar-refractivity contribution in [2.24, 2.45) is 7.05 Å². The zero-order valence-electron chi connectivity index (χ0n) is 19.2. The largest absolute Gasteiger partial charge is 0.324 e. The summed E-state index contributed by atoms with van der Waals surface area (Å²) in [5.41, 5.74) is 5.40. The fourth-order valence-electron chi connectivity index (χ4n) is 4.95. The van der Waals surface area contributed by atoms with Crippen molar-refractivity contribution < 1.29 is 4.79 Å². The van der Waals surface area contributed by atoms with Gasteiger partial charge in [0.15, 0.2) is 0 Å². The molecule has 2 unspecified atom stereocenters. The fourth-order valence-corrected chi connectivity index (χ4v) is 4.95. The number of amides is 1. The van der Waals surface area contributed by atoms with Crippen LogP contribution in [0.1, 0.15) is 54.6 Å². The van der Waals surface area contributed by atoms with Crippen molar-refractivity contribution >= 4 is 5.91 Å². The maximum absolute atomic E-state index is 13.7. The first-order valence-corrected chi connectivity index (χ1v) is 11.5. The summed E-state index contributed by atoms with van der Waals surface area (Å²) in [4.78, 5) is 20.0. The summed E-state index contributed by atoms with van der Waals surface area (Å²) in [7, 11) is 1.99. The summed E-state index contributed by atoms with van der Waals surface area (Å²) in [6.45, 7) is 4.25. The second-order valence-electron chi connectivity index (χ2n) is 8.45. The molecule has 0 fully saturated rings. The maximum atomic E-state index is 13.7. The topological polar surface area (TPSA) is 68.8 Å². The molecule has 2 aromatic carbocycles. The lowest BCUT2D eigenvalue weighted by atomic mass is 9.87. The first-order chi connectivity index (χ1) is 16.1. The van der Waals surface area contributed by atoms with Crippen LogP contribution in [0.25, 0.3) is 16.9 Å². The number of hydrogen-bond acceptors (Lipinski definition) is 4. The second-order valence-corrected chi connectivity index (χ2v) is 8.45. The van der Waals surface area contributed by atoms with Crippen LogP contribution in [-0.4, -0.2) is 41.4 Å². The summed E-state index contributed by atoms with van der Waals surface area (Å²) >= 11 is 0. The molecule has 0 bridgehead atoms. The summed E-state index contributed by atoms with van der Waals surface area (Å²) < 4.78 is 3.62. The van der Waals surface area contributed by atoms with E-state index in [-0.39, 0.29) is 23.8 Å². The summed E-state index contributed by atoms with van der Waals surface area (Å²) in [5, 5.41) is 9.41. The van der Waals surface area contributed by atoms with Gasteiger partial charge in [-0.25, -0.2) is 9.67 Å². The molecular formula is C26H28N6O. The van der Waals surface area contributed by atoms with Crippen molar-refractivity contribution in [1.82, 2.24) is 29.4 Å². The Morgan fingerprint density at radius 3 is 2.33 bits per heavy atom. The Bertz CT molecular complexity index is 1260. The lowest BCUT2D eigenvalue weighted by Crippen LogP contribution is -2.47. The van der Waals surface area contributed by atoms with E-state index in [1.807, 2.05) is 53.0 Å². The molecule has 0 aliphatic carbocycles. The van der Waals surface area contributed by atoms with E-state index in [0.29, 0.717) is 0 Å². The van der Waals surface area contributed by atoms with Crippen LogP contribution in [0.15, 0.2) is 67.0 Å². The molecule has 33 heavy (non-hydrogen) atoms. The molecule has 0 N–H and O–H groups in total. The number of carbonyl (C=O) groups excluding carboxylic acids is 1. The SMILES string of the molecule is CCC1Cc2c(nn(C)c2-c2ccccc2)C(CC)N1C(=O)c1ncn(-c2ccccc2)n1. The van der Waals surface area contributed by atoms with Crippen molar-refractivity contribution in [2.75, 3.05) is 0 Å². The third kappa shape index (κ3) is 3.63. The molecule has 0 saturated heterocycles. The van der Waals surface area contributed by atoms with Crippen molar-refractivity contribution in [2.45, 2.75) is 45.2 Å². The Labute approximate surface area is 193 Å². The molecule has 0 saturated carbocycles. The lowest BCUT2D eigenvalue weighted by Gasteiger charge is -2.40. The van der Waals surface area contributed by atoms with Crippen LogP contribution in [0.5, 0.6) is 0 Å². The molecule has 2 atom stereocenters. The summed E-state index contributed by atoms with van der Waals surface area (Å²) in [6, 6.07) is 20.0. The molecule has 4 aromatic rings. The standard InChI is InChI=1S/C26H28N6O/c1-4-19-16-21-23(28-30(3)24(21)18-12-8-6-9-13-18)22(5-2)32(19)26(33)25-27-17-31(29-25)20-14-10-7-11-15-20/h6-15,17,19,22H,4-5,16H2,1-3H3. The number of hydrogen-bond donors (Lipinski definition) is 0. The molecule has 0 radical (unpaired) electrons. The van der Waals surface area contributed by atoms with Crippen LogP contribution in [0, 0.1) is 0 Å². The molecule has 1 aliphatic rings. The van der Waals surface area contributed by atoms with Crippen LogP contribution < -0.4 is 0 Å². The molecule has 1 amide bonds. The van der Waals surface area contributed by atoms with Gasteiger partial charge in [0.05, 0.1) is 23.1 Å². The molecule has 7 nitrogen and oxygen atoms in total. The third-order valence-electron chi connectivity index (χ3n) is 6.50. The average Bonchev–Trinajstić information content (AvgIpc) is 3.48. The van der Waals surface area contributed by atoms with Gasteiger partial charge in [-0.2, -0.15) is 5.10 Å². The van der Waals surface area contributed by atoms with Crippen LogP contribution in [0.2, 0.25) is 0 Å². The second kappa shape index (κ2) is 8.65. The van der Waals surface area contributed by atoms with Gasteiger partial charge < -0.3 is 4.90 Å². The van der Waals surface area contributed by atoms with Gasteiger partial charge in [-0.3, -0.25) is 9.48 Å². The monoisotopic (exact) mass is 440 g/mol. The predicted molar refractivity (Wildman–Crippen MR) is 127 cm³/mol. The smallest absolute Gasteiger partial charge is 0.294 e. The molecular weight excluding hydrogens is 412 g/mol. The Morgan fingerprint density at radius 1 is 0.970 bits per heavy atom. The van der Waals surface area contributed by atoms with Gasteiger partial charge in [0.2, 0.25) is 5.82 Å². The van der Waals surface area contributed by atoms with Crippen LogP contribution in [-0.2, 0) is 13.5 Å². The van der Waals surface area contributed by atoms with Crippen molar-refractivity contribution in [3.63, 3.8) is 0 Å². The highest BCUT2D eigenvalue weighted by atomic mass is 16.2. The van der Waals surface area contributed by atoms with E-state index in [4.69, 9.17) is 5.10 Å². The van der Waals surface area contributed by atoms with Gasteiger partial charge in [0, 0.05) is 24.2 Å². The predicted octanol–water partition coefficient (Wildman–Crippen LogP) is 4.60. The highest BCUT2D eigenvalue weighted by Gasteiger charge is 2.41. The molecule has 1 aliphatic heterocycles. The van der Waals surface area contributed by atoms with Gasteiger partial charge >= 0.3 is 0 Å². The Balaban J connectivity index is 1.53. The number of benzene rings is 2. The molecule has 7 heteroatoms. The van der Waals surface area contributed by atoms with Crippen molar-refractivity contribution in [1.29, 1.82) is 0 Å². The zero-order chi connectivity index (χ0) is 22.9. The van der Waals surface area contributed by atoms with Gasteiger partial charge in [-0.05, 0) is 31.4 Å². The Kier molecular flexibility index (Phi) is 5.54. The van der Waals surface area contributed by atoms with E-state index in [0.717, 1.165) is 41.9 Å². The van der Waals surface area contributed by atoms with E-state index in [1.165, 1.54) is 5.56 Å². The molecule has 2 aromatic heterocycles. The number of rotatable bonds is 5. The van der Waals surface area contributed by atoms with Crippen molar-refractivity contribution in [3.8, 4) is 16.9 Å². The minimum absolute atomic E-state index is 0.0605. The lowest BCUT2D eigenvalue weighted by molar-refractivity contribution is 0.0500. The van der Waals surface area contributed by atoms with Crippen LogP contribution >= 0.6 is 0 Å². The Hall–Kier alpha value is -3.74. The molecule has 0 spiro atoms. The van der Waals surface area contributed by atoms with Gasteiger partial charge in [0.25, 0.3) is 5.91 Å². The highest BCUT2D eigenvalue weighted by Crippen LogP contribution is 2.40. The molecule has 5 rings (SSSR count). The summed E-state index contributed by atoms with van der Waals surface area (Å²) in [5.74, 6) is 0.0827. The number of para-hydroxylation sites is 1. The Morgan fingerprint density at radius 2 is 1.67 bits per heavy atom. The minimum atomic E-state index is -0.138. The zero-order valence-corrected chi connectivity index (χ0v) is 19.2. The van der Waals surface area contributed by atoms with E-state index < -0.39 is 0 Å². The number of fused-ring (bicyclic) bond motifs is 1. The van der Waals surface area contributed by atoms with E-state index in [2.05, 4.69) is 48.2 Å². The van der Waals surface area contributed by atoms with Gasteiger partial charge in [-0.1, -0.05) is 62.4 Å². The summed E-state index contributed by atoms with van der Waals surface area (Å²) in [6.07, 6.45) is 4.00. The quantitative estimate of drug-likeness (QED) is 0.455. The van der Waals surface area contributed by atoms with E-state index in [9.17, 15) is 4.79 Å². The average molecular weight is 441 g/mol. The molecule has 3 heterocycles. The van der Waals surface area contributed by atoms with Gasteiger partial charge in [0.1, 0.15) is 6.33 Å². The van der Waals surface area contributed by atoms with Crippen molar-refractivity contribution in [3.05, 3.63) is 84.1 Å². The number of aromatic nitrogens is 5. The van der Waals surface area contributed by atoms with Crippen LogP contribution in [0.3, 0.4) is 0 Å².